The van der Waals surface area contributed by atoms with Crippen molar-refractivity contribution in [3.63, 3.8) is 0 Å². The minimum Gasteiger partial charge on any atom is -0.370 e. The second-order valence-electron chi connectivity index (χ2n) is 9.44. The minimum atomic E-state index is -3.52. The van der Waals surface area contributed by atoms with Crippen molar-refractivity contribution in [1.82, 2.24) is 19.5 Å². The molecule has 0 atom stereocenters. The van der Waals surface area contributed by atoms with Gasteiger partial charge in [0.05, 0.1) is 10.4 Å². The Hall–Kier alpha value is -3.56. The average Bonchev–Trinajstić information content (AvgIpc) is 3.31. The summed E-state index contributed by atoms with van der Waals surface area (Å²) in [6.07, 6.45) is 4.26. The van der Waals surface area contributed by atoms with E-state index in [4.69, 9.17) is 5.10 Å². The molecule has 9 heteroatoms. The summed E-state index contributed by atoms with van der Waals surface area (Å²) >= 11 is 0. The molecule has 0 aliphatic heterocycles. The Morgan fingerprint density at radius 2 is 1.72 bits per heavy atom. The van der Waals surface area contributed by atoms with Crippen LogP contribution in [0.1, 0.15) is 27.2 Å². The summed E-state index contributed by atoms with van der Waals surface area (Å²) in [4.78, 5) is 4.64. The van der Waals surface area contributed by atoms with Crippen molar-refractivity contribution in [2.45, 2.75) is 37.6 Å². The minimum absolute atomic E-state index is 0.247. The highest BCUT2D eigenvalue weighted by molar-refractivity contribution is 7.89. The summed E-state index contributed by atoms with van der Waals surface area (Å²) in [6, 6.07) is 18.5. The van der Waals surface area contributed by atoms with E-state index in [1.807, 2.05) is 29.1 Å². The lowest BCUT2D eigenvalue weighted by Gasteiger charge is -2.18. The average molecular weight is 508 g/mol. The standard InChI is InChI=1S/C27H30FN5O2S/c1-27(2,3)33-19-24(26(32-33)21-9-7-10-22(28)17-21)20-13-16-30-25(18-20)29-14-8-15-31-36(34,35)23-11-5-4-6-12-23/h4-7,9-13,16-19,31H,8,14-15H2,1-3H3,(H,29,30). The summed E-state index contributed by atoms with van der Waals surface area (Å²) in [5, 5.41) is 8.03. The van der Waals surface area contributed by atoms with E-state index in [1.54, 1.807) is 42.6 Å². The number of halogens is 1. The fraction of sp³-hybridized carbons (Fsp3) is 0.259. The summed E-state index contributed by atoms with van der Waals surface area (Å²) in [6.45, 7) is 7.01. The number of benzene rings is 2. The molecule has 0 aliphatic carbocycles. The van der Waals surface area contributed by atoms with Crippen molar-refractivity contribution in [3.05, 3.63) is 84.9 Å². The number of sulfonamides is 1. The lowest BCUT2D eigenvalue weighted by Crippen LogP contribution is -2.26. The van der Waals surface area contributed by atoms with E-state index in [1.165, 1.54) is 12.1 Å². The van der Waals surface area contributed by atoms with Crippen molar-refractivity contribution in [2.75, 3.05) is 18.4 Å². The lowest BCUT2D eigenvalue weighted by atomic mass is 10.0. The number of anilines is 1. The number of hydrogen-bond acceptors (Lipinski definition) is 5. The first-order valence-electron chi connectivity index (χ1n) is 11.7. The maximum absolute atomic E-state index is 14.0. The molecule has 0 spiro atoms. The summed E-state index contributed by atoms with van der Waals surface area (Å²) in [5.41, 5.74) is 2.91. The number of nitrogens with zero attached hydrogens (tertiary/aromatic N) is 3. The Labute approximate surface area is 211 Å². The number of nitrogens with one attached hydrogen (secondary N) is 2. The van der Waals surface area contributed by atoms with Gasteiger partial charge in [-0.1, -0.05) is 30.3 Å². The molecule has 0 amide bonds. The van der Waals surface area contributed by atoms with Gasteiger partial charge in [0.25, 0.3) is 0 Å². The third-order valence-corrected chi connectivity index (χ3v) is 7.05. The third-order valence-electron chi connectivity index (χ3n) is 5.58. The van der Waals surface area contributed by atoms with E-state index in [-0.39, 0.29) is 16.3 Å². The smallest absolute Gasteiger partial charge is 0.240 e. The zero-order chi connectivity index (χ0) is 25.8. The SMILES string of the molecule is CC(C)(C)n1cc(-c2ccnc(NCCCNS(=O)(=O)c3ccccc3)c2)c(-c2cccc(F)c2)n1. The fourth-order valence-electron chi connectivity index (χ4n) is 3.67. The van der Waals surface area contributed by atoms with Gasteiger partial charge in [-0.3, -0.25) is 4.68 Å². The predicted octanol–water partition coefficient (Wildman–Crippen LogP) is 5.29. The Kier molecular flexibility index (Phi) is 7.51. The normalized spacial score (nSPS) is 12.0. The molecule has 0 saturated carbocycles. The van der Waals surface area contributed by atoms with Gasteiger partial charge in [0.15, 0.2) is 0 Å². The van der Waals surface area contributed by atoms with E-state index in [9.17, 15) is 12.8 Å². The first kappa shape index (κ1) is 25.5. The molecule has 0 bridgehead atoms. The van der Waals surface area contributed by atoms with Crippen molar-refractivity contribution in [2.24, 2.45) is 0 Å². The molecule has 2 N–H and O–H groups in total. The van der Waals surface area contributed by atoms with Gasteiger partial charge in [-0.25, -0.2) is 22.5 Å². The van der Waals surface area contributed by atoms with E-state index in [0.717, 1.165) is 11.1 Å². The number of hydrogen-bond donors (Lipinski definition) is 2. The van der Waals surface area contributed by atoms with Gasteiger partial charge in [-0.2, -0.15) is 5.10 Å². The fourth-order valence-corrected chi connectivity index (χ4v) is 4.76. The van der Waals surface area contributed by atoms with Gasteiger partial charge >= 0.3 is 0 Å². The van der Waals surface area contributed by atoms with E-state index in [2.05, 4.69) is 35.8 Å². The van der Waals surface area contributed by atoms with E-state index in [0.29, 0.717) is 36.6 Å². The molecule has 2 aromatic carbocycles. The number of pyridine rings is 1. The Bertz CT molecular complexity index is 1430. The monoisotopic (exact) mass is 507 g/mol. The van der Waals surface area contributed by atoms with Crippen LogP contribution in [0.2, 0.25) is 0 Å². The quantitative estimate of drug-likeness (QED) is 0.301. The van der Waals surface area contributed by atoms with Crippen LogP contribution < -0.4 is 10.0 Å². The van der Waals surface area contributed by atoms with Crippen LogP contribution >= 0.6 is 0 Å². The van der Waals surface area contributed by atoms with Crippen LogP contribution in [0.3, 0.4) is 0 Å². The van der Waals surface area contributed by atoms with Crippen LogP contribution in [-0.4, -0.2) is 36.3 Å². The van der Waals surface area contributed by atoms with Crippen LogP contribution in [0, 0.1) is 5.82 Å². The first-order valence-corrected chi connectivity index (χ1v) is 13.2. The highest BCUT2D eigenvalue weighted by Gasteiger charge is 2.20. The van der Waals surface area contributed by atoms with E-state index >= 15 is 0 Å². The molecule has 0 unspecified atom stereocenters. The molecular formula is C27H30FN5O2S. The zero-order valence-electron chi connectivity index (χ0n) is 20.6. The highest BCUT2D eigenvalue weighted by Crippen LogP contribution is 2.34. The van der Waals surface area contributed by atoms with Gasteiger partial charge in [0.2, 0.25) is 10.0 Å². The van der Waals surface area contributed by atoms with Crippen molar-refractivity contribution in [1.29, 1.82) is 0 Å². The molecule has 0 fully saturated rings. The zero-order valence-corrected chi connectivity index (χ0v) is 21.4. The number of rotatable bonds is 9. The van der Waals surface area contributed by atoms with Gasteiger partial charge in [-0.15, -0.1) is 0 Å². The van der Waals surface area contributed by atoms with Crippen molar-refractivity contribution >= 4 is 15.8 Å². The molecule has 2 heterocycles. The van der Waals surface area contributed by atoms with Gasteiger partial charge in [0.1, 0.15) is 17.3 Å². The third kappa shape index (κ3) is 6.16. The second kappa shape index (κ2) is 10.6. The molecule has 36 heavy (non-hydrogen) atoms. The van der Waals surface area contributed by atoms with Crippen LogP contribution in [0.4, 0.5) is 10.2 Å². The van der Waals surface area contributed by atoms with Crippen LogP contribution in [-0.2, 0) is 15.6 Å². The molecule has 188 valence electrons. The molecule has 2 aromatic heterocycles. The van der Waals surface area contributed by atoms with E-state index < -0.39 is 10.0 Å². The van der Waals surface area contributed by atoms with Gasteiger partial charge < -0.3 is 5.32 Å². The Balaban J connectivity index is 1.47. The highest BCUT2D eigenvalue weighted by atomic mass is 32.2. The summed E-state index contributed by atoms with van der Waals surface area (Å²) in [7, 11) is -3.52. The molecule has 4 aromatic rings. The number of aromatic nitrogens is 3. The maximum Gasteiger partial charge on any atom is 0.240 e. The second-order valence-corrected chi connectivity index (χ2v) is 11.2. The van der Waals surface area contributed by atoms with Crippen LogP contribution in [0.15, 0.2) is 84.0 Å². The van der Waals surface area contributed by atoms with Crippen LogP contribution in [0.5, 0.6) is 0 Å². The molecule has 4 rings (SSSR count). The van der Waals surface area contributed by atoms with Crippen LogP contribution in [0.25, 0.3) is 22.4 Å². The maximum atomic E-state index is 14.0. The first-order chi connectivity index (χ1) is 17.1. The Morgan fingerprint density at radius 3 is 2.44 bits per heavy atom. The molecule has 0 aliphatic rings. The summed E-state index contributed by atoms with van der Waals surface area (Å²) < 4.78 is 43.1. The molecule has 0 saturated heterocycles. The Morgan fingerprint density at radius 1 is 0.944 bits per heavy atom. The summed E-state index contributed by atoms with van der Waals surface area (Å²) in [5.74, 6) is 0.343. The van der Waals surface area contributed by atoms with Crippen molar-refractivity contribution in [3.8, 4) is 22.4 Å². The molecule has 7 nitrogen and oxygen atoms in total. The predicted molar refractivity (Wildman–Crippen MR) is 141 cm³/mol. The largest absolute Gasteiger partial charge is 0.370 e. The van der Waals surface area contributed by atoms with Crippen molar-refractivity contribution < 1.29 is 12.8 Å². The van der Waals surface area contributed by atoms with Gasteiger partial charge in [-0.05, 0) is 69.2 Å². The van der Waals surface area contributed by atoms with Gasteiger partial charge in [0, 0.05) is 36.6 Å². The molecular weight excluding hydrogens is 477 g/mol. The topological polar surface area (TPSA) is 88.9 Å². The lowest BCUT2D eigenvalue weighted by molar-refractivity contribution is 0.356. The molecule has 0 radical (unpaired) electrons.